The highest BCUT2D eigenvalue weighted by Crippen LogP contribution is 2.17. The lowest BCUT2D eigenvalue weighted by Crippen LogP contribution is -2.22. The van der Waals surface area contributed by atoms with Crippen molar-refractivity contribution in [1.29, 1.82) is 0 Å². The molecule has 1 atom stereocenters. The zero-order valence-corrected chi connectivity index (χ0v) is 10.2. The van der Waals surface area contributed by atoms with Crippen molar-refractivity contribution >= 4 is 0 Å². The van der Waals surface area contributed by atoms with Crippen molar-refractivity contribution in [1.82, 2.24) is 5.32 Å². The van der Waals surface area contributed by atoms with E-state index in [1.54, 1.807) is 0 Å². The van der Waals surface area contributed by atoms with E-state index in [0.29, 0.717) is 12.6 Å². The third-order valence-electron chi connectivity index (χ3n) is 2.75. The molecule has 1 aromatic rings. The number of unbranched alkanes of at least 4 members (excludes halogenated alkanes) is 1. The largest absolute Gasteiger partial charge is 0.396 e. The fraction of sp³-hybridized carbons (Fsp3) is 0.571. The van der Waals surface area contributed by atoms with Crippen molar-refractivity contribution in [3.63, 3.8) is 0 Å². The maximum Gasteiger partial charge on any atom is 0.0431 e. The van der Waals surface area contributed by atoms with E-state index in [-0.39, 0.29) is 0 Å². The second-order valence-electron chi connectivity index (χ2n) is 4.14. The molecule has 2 N–H and O–H groups in total. The summed E-state index contributed by atoms with van der Waals surface area (Å²) in [4.78, 5) is 0. The van der Waals surface area contributed by atoms with Crippen LogP contribution < -0.4 is 5.32 Å². The van der Waals surface area contributed by atoms with E-state index >= 15 is 0 Å². The molecule has 90 valence electrons. The van der Waals surface area contributed by atoms with E-state index < -0.39 is 0 Å². The highest BCUT2D eigenvalue weighted by atomic mass is 16.2. The van der Waals surface area contributed by atoms with Gasteiger partial charge in [0.2, 0.25) is 0 Å². The van der Waals surface area contributed by atoms with Crippen LogP contribution in [0.15, 0.2) is 30.3 Å². The van der Waals surface area contributed by atoms with Gasteiger partial charge >= 0.3 is 0 Å². The lowest BCUT2D eigenvalue weighted by Gasteiger charge is -2.18. The van der Waals surface area contributed by atoms with E-state index in [1.165, 1.54) is 18.4 Å². The molecule has 0 aliphatic heterocycles. The number of aliphatic hydroxyl groups is 1. The Labute approximate surface area is 98.7 Å². The summed E-state index contributed by atoms with van der Waals surface area (Å²) in [5.74, 6) is 0. The molecule has 1 rings (SSSR count). The summed E-state index contributed by atoms with van der Waals surface area (Å²) in [7, 11) is 0. The first kappa shape index (κ1) is 13.2. The summed E-state index contributed by atoms with van der Waals surface area (Å²) in [6.45, 7) is 3.50. The Morgan fingerprint density at radius 3 is 2.56 bits per heavy atom. The predicted molar refractivity (Wildman–Crippen MR) is 68.4 cm³/mol. The molecule has 2 heteroatoms. The molecule has 1 unspecified atom stereocenters. The molecule has 0 radical (unpaired) electrons. The predicted octanol–water partition coefficient (Wildman–Crippen LogP) is 2.89. The molecule has 0 bridgehead atoms. The number of hydrogen-bond acceptors (Lipinski definition) is 2. The minimum absolute atomic E-state index is 0.297. The van der Waals surface area contributed by atoms with Crippen LogP contribution in [-0.4, -0.2) is 18.3 Å². The van der Waals surface area contributed by atoms with Gasteiger partial charge in [0.25, 0.3) is 0 Å². The highest BCUT2D eigenvalue weighted by Gasteiger charge is 2.08. The van der Waals surface area contributed by atoms with Gasteiger partial charge in [0.15, 0.2) is 0 Å². The van der Waals surface area contributed by atoms with Gasteiger partial charge in [-0.3, -0.25) is 0 Å². The van der Waals surface area contributed by atoms with Crippen LogP contribution in [0.3, 0.4) is 0 Å². The maximum atomic E-state index is 8.72. The summed E-state index contributed by atoms with van der Waals surface area (Å²) in [6.07, 6.45) is 4.29. The molecule has 0 aliphatic carbocycles. The first-order valence-corrected chi connectivity index (χ1v) is 6.27. The van der Waals surface area contributed by atoms with E-state index in [1.807, 2.05) is 0 Å². The van der Waals surface area contributed by atoms with Crippen LogP contribution in [0.4, 0.5) is 0 Å². The average molecular weight is 221 g/mol. The molecule has 0 heterocycles. The van der Waals surface area contributed by atoms with Crippen LogP contribution >= 0.6 is 0 Å². The van der Waals surface area contributed by atoms with E-state index in [4.69, 9.17) is 5.11 Å². The van der Waals surface area contributed by atoms with Gasteiger partial charge in [-0.2, -0.15) is 0 Å². The molecule has 0 aromatic heterocycles. The van der Waals surface area contributed by atoms with Gasteiger partial charge in [-0.15, -0.1) is 0 Å². The van der Waals surface area contributed by atoms with Gasteiger partial charge in [-0.25, -0.2) is 0 Å². The Kier molecular flexibility index (Phi) is 6.86. The maximum absolute atomic E-state index is 8.72. The highest BCUT2D eigenvalue weighted by molar-refractivity contribution is 5.18. The van der Waals surface area contributed by atoms with Gasteiger partial charge in [0, 0.05) is 12.6 Å². The summed E-state index contributed by atoms with van der Waals surface area (Å²) in [5, 5.41) is 12.3. The molecule has 1 aromatic carbocycles. The first-order chi connectivity index (χ1) is 7.88. The Morgan fingerprint density at radius 1 is 1.19 bits per heavy atom. The number of benzene rings is 1. The molecular formula is C14H23NO. The Hall–Kier alpha value is -0.860. The third-order valence-corrected chi connectivity index (χ3v) is 2.75. The van der Waals surface area contributed by atoms with Gasteiger partial charge in [-0.1, -0.05) is 43.7 Å². The number of rotatable bonds is 8. The van der Waals surface area contributed by atoms with E-state index in [9.17, 15) is 0 Å². The van der Waals surface area contributed by atoms with Crippen molar-refractivity contribution in [3.8, 4) is 0 Å². The SMILES string of the molecule is CCCC(NCCCCO)c1ccccc1. The van der Waals surface area contributed by atoms with Crippen LogP contribution in [0, 0.1) is 0 Å². The zero-order chi connectivity index (χ0) is 11.6. The van der Waals surface area contributed by atoms with Crippen molar-refractivity contribution in [2.24, 2.45) is 0 Å². The molecule has 0 saturated heterocycles. The Balaban J connectivity index is 2.41. The van der Waals surface area contributed by atoms with Crippen molar-refractivity contribution in [2.45, 2.75) is 38.6 Å². The molecule has 0 fully saturated rings. The summed E-state index contributed by atoms with van der Waals surface area (Å²) in [5.41, 5.74) is 1.37. The van der Waals surface area contributed by atoms with Crippen LogP contribution in [-0.2, 0) is 0 Å². The van der Waals surface area contributed by atoms with Crippen LogP contribution in [0.25, 0.3) is 0 Å². The second kappa shape index (κ2) is 8.31. The molecule has 0 aliphatic rings. The summed E-state index contributed by atoms with van der Waals surface area (Å²) >= 11 is 0. The minimum atomic E-state index is 0.297. The monoisotopic (exact) mass is 221 g/mol. The first-order valence-electron chi connectivity index (χ1n) is 6.27. The topological polar surface area (TPSA) is 32.3 Å². The molecule has 0 saturated carbocycles. The van der Waals surface area contributed by atoms with Gasteiger partial charge in [-0.05, 0) is 31.4 Å². The van der Waals surface area contributed by atoms with Crippen molar-refractivity contribution in [2.75, 3.05) is 13.2 Å². The standard InChI is InChI=1S/C14H23NO/c1-2-8-14(15-11-6-7-12-16)13-9-4-3-5-10-13/h3-5,9-10,14-16H,2,6-8,11-12H2,1H3. The number of hydrogen-bond donors (Lipinski definition) is 2. The fourth-order valence-electron chi connectivity index (χ4n) is 1.87. The fourth-order valence-corrected chi connectivity index (χ4v) is 1.87. The zero-order valence-electron chi connectivity index (χ0n) is 10.2. The normalized spacial score (nSPS) is 12.6. The van der Waals surface area contributed by atoms with Gasteiger partial charge in [0.05, 0.1) is 0 Å². The smallest absolute Gasteiger partial charge is 0.0431 e. The molecule has 2 nitrogen and oxygen atoms in total. The minimum Gasteiger partial charge on any atom is -0.396 e. The van der Waals surface area contributed by atoms with E-state index in [0.717, 1.165) is 19.4 Å². The van der Waals surface area contributed by atoms with Crippen molar-refractivity contribution in [3.05, 3.63) is 35.9 Å². The number of nitrogens with one attached hydrogen (secondary N) is 1. The lowest BCUT2D eigenvalue weighted by molar-refractivity contribution is 0.282. The third kappa shape index (κ3) is 4.77. The lowest BCUT2D eigenvalue weighted by atomic mass is 10.0. The summed E-state index contributed by atoms with van der Waals surface area (Å²) in [6, 6.07) is 11.1. The number of aliphatic hydroxyl groups excluding tert-OH is 1. The van der Waals surface area contributed by atoms with Crippen LogP contribution in [0.5, 0.6) is 0 Å². The second-order valence-corrected chi connectivity index (χ2v) is 4.14. The molecular weight excluding hydrogens is 198 g/mol. The van der Waals surface area contributed by atoms with E-state index in [2.05, 4.69) is 42.6 Å². The molecule has 0 amide bonds. The molecule has 16 heavy (non-hydrogen) atoms. The Morgan fingerprint density at radius 2 is 1.94 bits per heavy atom. The van der Waals surface area contributed by atoms with Gasteiger partial charge in [0.1, 0.15) is 0 Å². The summed E-state index contributed by atoms with van der Waals surface area (Å²) < 4.78 is 0. The van der Waals surface area contributed by atoms with Crippen molar-refractivity contribution < 1.29 is 5.11 Å². The van der Waals surface area contributed by atoms with Crippen LogP contribution in [0.1, 0.15) is 44.2 Å². The Bertz CT molecular complexity index is 261. The van der Waals surface area contributed by atoms with Gasteiger partial charge < -0.3 is 10.4 Å². The quantitative estimate of drug-likeness (QED) is 0.662. The van der Waals surface area contributed by atoms with Crippen LogP contribution in [0.2, 0.25) is 0 Å². The molecule has 0 spiro atoms. The average Bonchev–Trinajstić information content (AvgIpc) is 2.34.